The van der Waals surface area contributed by atoms with Crippen molar-refractivity contribution in [3.8, 4) is 0 Å². The van der Waals surface area contributed by atoms with E-state index in [0.29, 0.717) is 0 Å². The number of amides is 1. The van der Waals surface area contributed by atoms with Gasteiger partial charge in [-0.15, -0.1) is 0 Å². The highest BCUT2D eigenvalue weighted by Gasteiger charge is 2.31. The summed E-state index contributed by atoms with van der Waals surface area (Å²) >= 11 is 0. The van der Waals surface area contributed by atoms with Gasteiger partial charge in [0.2, 0.25) is 5.91 Å². The van der Waals surface area contributed by atoms with Crippen molar-refractivity contribution >= 4 is 11.9 Å². The Kier molecular flexibility index (Phi) is 2.17. The van der Waals surface area contributed by atoms with E-state index in [9.17, 15) is 9.59 Å². The van der Waals surface area contributed by atoms with Crippen molar-refractivity contribution in [3.63, 3.8) is 0 Å². The summed E-state index contributed by atoms with van der Waals surface area (Å²) in [5.41, 5.74) is 5.82. The number of carbonyl (C=O) groups excluding carboxylic acids is 2. The summed E-state index contributed by atoms with van der Waals surface area (Å²) in [6.45, 7) is 3.39. The molecule has 2 N–H and O–H groups in total. The zero-order chi connectivity index (χ0) is 9.30. The molecule has 0 aromatic rings. The fourth-order valence-electron chi connectivity index (χ4n) is 1.17. The van der Waals surface area contributed by atoms with Gasteiger partial charge >= 0.3 is 5.97 Å². The number of nitrogens with two attached hydrogens (primary N) is 1. The lowest BCUT2D eigenvalue weighted by Crippen LogP contribution is -2.32. The fourth-order valence-corrected chi connectivity index (χ4v) is 1.17. The van der Waals surface area contributed by atoms with Crippen LogP contribution >= 0.6 is 0 Å². The predicted molar refractivity (Wildman–Crippen MR) is 42.0 cm³/mol. The van der Waals surface area contributed by atoms with Crippen LogP contribution in [0.4, 0.5) is 0 Å². The summed E-state index contributed by atoms with van der Waals surface area (Å²) in [5.74, 6) is -1.30. The maximum atomic E-state index is 10.7. The van der Waals surface area contributed by atoms with Crippen molar-refractivity contribution in [2.75, 3.05) is 0 Å². The van der Waals surface area contributed by atoms with Crippen molar-refractivity contribution in [3.05, 3.63) is 11.6 Å². The van der Waals surface area contributed by atoms with Crippen LogP contribution < -0.4 is 5.73 Å². The topological polar surface area (TPSA) is 69.4 Å². The standard InChI is InChI=1S/C8H11NO3/c1-4-3-6(10)12-7(4)5(2)8(9)11/h3,5,7H,1-2H3,(H2,9,11). The number of hydrogen-bond acceptors (Lipinski definition) is 3. The van der Waals surface area contributed by atoms with E-state index in [2.05, 4.69) is 0 Å². The van der Waals surface area contributed by atoms with E-state index in [0.717, 1.165) is 5.57 Å². The van der Waals surface area contributed by atoms with Gasteiger partial charge in [0.15, 0.2) is 0 Å². The van der Waals surface area contributed by atoms with E-state index in [4.69, 9.17) is 10.5 Å². The maximum Gasteiger partial charge on any atom is 0.331 e. The number of esters is 1. The van der Waals surface area contributed by atoms with E-state index in [1.807, 2.05) is 0 Å². The van der Waals surface area contributed by atoms with Crippen LogP contribution in [-0.2, 0) is 14.3 Å². The van der Waals surface area contributed by atoms with Crippen LogP contribution in [0.2, 0.25) is 0 Å². The van der Waals surface area contributed by atoms with Gasteiger partial charge in [-0.25, -0.2) is 4.79 Å². The Bertz CT molecular complexity index is 257. The Morgan fingerprint density at radius 2 is 2.33 bits per heavy atom. The first kappa shape index (κ1) is 8.77. The van der Waals surface area contributed by atoms with E-state index < -0.39 is 23.9 Å². The zero-order valence-electron chi connectivity index (χ0n) is 7.03. The second kappa shape index (κ2) is 2.97. The molecule has 4 nitrogen and oxygen atoms in total. The minimum atomic E-state index is -0.463. The summed E-state index contributed by atoms with van der Waals surface area (Å²) in [5, 5.41) is 0. The molecule has 0 bridgehead atoms. The number of ether oxygens (including phenoxy) is 1. The molecule has 0 spiro atoms. The summed E-state index contributed by atoms with van der Waals surface area (Å²) in [4.78, 5) is 21.5. The van der Waals surface area contributed by atoms with Crippen LogP contribution in [0.25, 0.3) is 0 Å². The molecule has 2 atom stereocenters. The lowest BCUT2D eigenvalue weighted by molar-refractivity contribution is -0.142. The highest BCUT2D eigenvalue weighted by Crippen LogP contribution is 2.21. The molecule has 1 aliphatic heterocycles. The summed E-state index contributed by atoms with van der Waals surface area (Å²) < 4.78 is 4.86. The molecule has 1 heterocycles. The summed E-state index contributed by atoms with van der Waals surface area (Å²) in [7, 11) is 0. The van der Waals surface area contributed by atoms with Crippen LogP contribution in [0.3, 0.4) is 0 Å². The van der Waals surface area contributed by atoms with Crippen LogP contribution in [0, 0.1) is 5.92 Å². The average molecular weight is 169 g/mol. The largest absolute Gasteiger partial charge is 0.454 e. The number of carbonyl (C=O) groups is 2. The van der Waals surface area contributed by atoms with Crippen LogP contribution in [-0.4, -0.2) is 18.0 Å². The molecule has 12 heavy (non-hydrogen) atoms. The first-order chi connectivity index (χ1) is 5.52. The van der Waals surface area contributed by atoms with Crippen molar-refractivity contribution in [2.24, 2.45) is 11.7 Å². The van der Waals surface area contributed by atoms with Gasteiger partial charge in [0, 0.05) is 6.08 Å². The van der Waals surface area contributed by atoms with Gasteiger partial charge in [0.25, 0.3) is 0 Å². The van der Waals surface area contributed by atoms with E-state index in [1.54, 1.807) is 13.8 Å². The Hall–Kier alpha value is -1.32. The molecule has 0 radical (unpaired) electrons. The molecule has 0 fully saturated rings. The van der Waals surface area contributed by atoms with Gasteiger partial charge in [0.1, 0.15) is 6.10 Å². The van der Waals surface area contributed by atoms with Crippen LogP contribution in [0.15, 0.2) is 11.6 Å². The first-order valence-electron chi connectivity index (χ1n) is 3.70. The number of rotatable bonds is 2. The molecule has 0 saturated heterocycles. The lowest BCUT2D eigenvalue weighted by atomic mass is 9.99. The molecule has 2 unspecified atom stereocenters. The quantitative estimate of drug-likeness (QED) is 0.590. The highest BCUT2D eigenvalue weighted by atomic mass is 16.5. The molecule has 1 aliphatic rings. The minimum Gasteiger partial charge on any atom is -0.454 e. The van der Waals surface area contributed by atoms with E-state index >= 15 is 0 Å². The van der Waals surface area contributed by atoms with Gasteiger partial charge in [-0.2, -0.15) is 0 Å². The molecule has 0 aromatic carbocycles. The molecule has 0 aliphatic carbocycles. The third kappa shape index (κ3) is 1.47. The average Bonchev–Trinajstić information content (AvgIpc) is 2.28. The Morgan fingerprint density at radius 3 is 2.67 bits per heavy atom. The highest BCUT2D eigenvalue weighted by molar-refractivity contribution is 5.87. The summed E-state index contributed by atoms with van der Waals surface area (Å²) in [6, 6.07) is 0. The van der Waals surface area contributed by atoms with Crippen LogP contribution in [0.1, 0.15) is 13.8 Å². The van der Waals surface area contributed by atoms with Crippen LogP contribution in [0.5, 0.6) is 0 Å². The smallest absolute Gasteiger partial charge is 0.331 e. The third-order valence-electron chi connectivity index (χ3n) is 1.94. The number of cyclic esters (lactones) is 1. The minimum absolute atomic E-state index is 0.398. The van der Waals surface area contributed by atoms with E-state index in [1.165, 1.54) is 6.08 Å². The zero-order valence-corrected chi connectivity index (χ0v) is 7.03. The second-order valence-corrected chi connectivity index (χ2v) is 2.94. The first-order valence-corrected chi connectivity index (χ1v) is 3.70. The molecule has 0 saturated carbocycles. The molecule has 0 aromatic heterocycles. The third-order valence-corrected chi connectivity index (χ3v) is 1.94. The van der Waals surface area contributed by atoms with Crippen molar-refractivity contribution in [2.45, 2.75) is 20.0 Å². The molecular weight excluding hydrogens is 158 g/mol. The number of hydrogen-bond donors (Lipinski definition) is 1. The summed E-state index contributed by atoms with van der Waals surface area (Å²) in [6.07, 6.45) is 0.916. The lowest BCUT2D eigenvalue weighted by Gasteiger charge is -2.16. The van der Waals surface area contributed by atoms with Crippen molar-refractivity contribution in [1.29, 1.82) is 0 Å². The molecule has 1 rings (SSSR count). The molecule has 66 valence electrons. The van der Waals surface area contributed by atoms with Gasteiger partial charge < -0.3 is 10.5 Å². The number of primary amides is 1. The second-order valence-electron chi connectivity index (χ2n) is 2.94. The Balaban J connectivity index is 2.73. The van der Waals surface area contributed by atoms with E-state index in [-0.39, 0.29) is 0 Å². The van der Waals surface area contributed by atoms with Gasteiger partial charge in [-0.1, -0.05) is 0 Å². The normalized spacial score (nSPS) is 24.7. The van der Waals surface area contributed by atoms with Crippen molar-refractivity contribution < 1.29 is 14.3 Å². The molecule has 4 heteroatoms. The van der Waals surface area contributed by atoms with Gasteiger partial charge in [-0.05, 0) is 19.4 Å². The fraction of sp³-hybridized carbons (Fsp3) is 0.500. The maximum absolute atomic E-state index is 10.7. The monoisotopic (exact) mass is 169 g/mol. The Morgan fingerprint density at radius 1 is 1.75 bits per heavy atom. The predicted octanol–water partition coefficient (Wildman–Crippen LogP) is -0.0205. The van der Waals surface area contributed by atoms with Gasteiger partial charge in [-0.3, -0.25) is 4.79 Å². The molecular formula is C8H11NO3. The Labute approximate surface area is 70.4 Å². The molecule has 1 amide bonds. The SMILES string of the molecule is CC1=CC(=O)OC1C(C)C(N)=O. The van der Waals surface area contributed by atoms with Gasteiger partial charge in [0.05, 0.1) is 5.92 Å². The van der Waals surface area contributed by atoms with Crippen molar-refractivity contribution in [1.82, 2.24) is 0 Å².